The van der Waals surface area contributed by atoms with E-state index in [1.54, 1.807) is 0 Å². The third kappa shape index (κ3) is 2.70. The van der Waals surface area contributed by atoms with Crippen LogP contribution in [0.1, 0.15) is 23.2 Å². The molecule has 2 saturated heterocycles. The van der Waals surface area contributed by atoms with Gasteiger partial charge in [-0.15, -0.1) is 0 Å². The number of carbonyl (C=O) groups is 1. The summed E-state index contributed by atoms with van der Waals surface area (Å²) in [6.07, 6.45) is 2.47. The molecule has 0 aromatic heterocycles. The first-order chi connectivity index (χ1) is 9.13. The van der Waals surface area contributed by atoms with Crippen LogP contribution in [0.2, 0.25) is 0 Å². The van der Waals surface area contributed by atoms with E-state index in [4.69, 9.17) is 0 Å². The van der Waals surface area contributed by atoms with Crippen LogP contribution in [0.5, 0.6) is 0 Å². The molecule has 3 rings (SSSR count). The van der Waals surface area contributed by atoms with Crippen molar-refractivity contribution < 1.29 is 4.79 Å². The number of hydrogen-bond acceptors (Lipinski definition) is 2. The highest BCUT2D eigenvalue weighted by Crippen LogP contribution is 2.28. The highest BCUT2D eigenvalue weighted by atomic mass is 79.9. The monoisotopic (exact) mass is 322 g/mol. The molecule has 2 aliphatic rings. The zero-order chi connectivity index (χ0) is 13.4. The molecule has 0 N–H and O–H groups in total. The first-order valence-corrected chi connectivity index (χ1v) is 7.68. The molecule has 102 valence electrons. The first-order valence-electron chi connectivity index (χ1n) is 6.88. The summed E-state index contributed by atoms with van der Waals surface area (Å²) in [6.45, 7) is 2.98. The summed E-state index contributed by atoms with van der Waals surface area (Å²) in [5, 5.41) is 0. The second-order valence-corrected chi connectivity index (χ2v) is 6.66. The number of hydrogen-bond donors (Lipinski definition) is 0. The highest BCUT2D eigenvalue weighted by Gasteiger charge is 2.35. The number of rotatable bonds is 1. The Morgan fingerprint density at radius 3 is 2.74 bits per heavy atom. The van der Waals surface area contributed by atoms with Crippen LogP contribution in [-0.2, 0) is 0 Å². The molecule has 2 aliphatic heterocycles. The minimum atomic E-state index is 0.178. The average Bonchev–Trinajstić information content (AvgIpc) is 2.43. The maximum atomic E-state index is 12.5. The quantitative estimate of drug-likeness (QED) is 0.793. The Kier molecular flexibility index (Phi) is 3.63. The van der Waals surface area contributed by atoms with E-state index in [2.05, 4.69) is 27.9 Å². The van der Waals surface area contributed by atoms with Crippen molar-refractivity contribution in [3.05, 3.63) is 34.3 Å². The van der Waals surface area contributed by atoms with Crippen molar-refractivity contribution in [2.75, 3.05) is 26.7 Å². The standard InChI is InChI=1S/C15H19BrN2O/c1-17-7-6-11-8-14(17)10-18(9-11)15(19)12-2-4-13(16)5-3-12/h2-5,11,14H,6-10H2,1H3/t11-,14+/m0/s1. The number of likely N-dealkylation sites (N-methyl/N-ethyl adjacent to an activating group) is 1. The summed E-state index contributed by atoms with van der Waals surface area (Å²) in [7, 11) is 2.18. The second-order valence-electron chi connectivity index (χ2n) is 5.74. The van der Waals surface area contributed by atoms with Crippen molar-refractivity contribution in [2.45, 2.75) is 18.9 Å². The van der Waals surface area contributed by atoms with Crippen molar-refractivity contribution >= 4 is 21.8 Å². The molecule has 2 bridgehead atoms. The maximum Gasteiger partial charge on any atom is 0.253 e. The number of amides is 1. The van der Waals surface area contributed by atoms with Crippen molar-refractivity contribution in [3.63, 3.8) is 0 Å². The molecule has 2 atom stereocenters. The van der Waals surface area contributed by atoms with E-state index in [1.807, 2.05) is 29.2 Å². The Labute approximate surface area is 122 Å². The number of halogens is 1. The van der Waals surface area contributed by atoms with Gasteiger partial charge in [-0.1, -0.05) is 15.9 Å². The van der Waals surface area contributed by atoms with E-state index in [0.717, 1.165) is 23.1 Å². The van der Waals surface area contributed by atoms with E-state index in [9.17, 15) is 4.79 Å². The molecule has 2 fully saturated rings. The van der Waals surface area contributed by atoms with Gasteiger partial charge in [0.25, 0.3) is 5.91 Å². The lowest BCUT2D eigenvalue weighted by Crippen LogP contribution is -2.55. The Morgan fingerprint density at radius 2 is 2.00 bits per heavy atom. The minimum Gasteiger partial charge on any atom is -0.337 e. The fraction of sp³-hybridized carbons (Fsp3) is 0.533. The van der Waals surface area contributed by atoms with Gasteiger partial charge in [-0.05, 0) is 56.6 Å². The summed E-state index contributed by atoms with van der Waals surface area (Å²) in [6, 6.07) is 8.22. The Morgan fingerprint density at radius 1 is 1.26 bits per heavy atom. The van der Waals surface area contributed by atoms with Gasteiger partial charge in [0, 0.05) is 29.2 Å². The SMILES string of the molecule is CN1CC[C@H]2C[C@@H]1CN(C(=O)c1ccc(Br)cc1)C2. The van der Waals surface area contributed by atoms with Crippen LogP contribution in [-0.4, -0.2) is 48.4 Å². The van der Waals surface area contributed by atoms with E-state index in [-0.39, 0.29) is 5.91 Å². The third-order valence-corrected chi connectivity index (χ3v) is 4.94. The van der Waals surface area contributed by atoms with Gasteiger partial charge in [0.2, 0.25) is 0 Å². The van der Waals surface area contributed by atoms with Gasteiger partial charge in [-0.2, -0.15) is 0 Å². The number of fused-ring (bicyclic) bond motifs is 2. The summed E-state index contributed by atoms with van der Waals surface area (Å²) in [5.74, 6) is 0.867. The lowest BCUT2D eigenvalue weighted by Gasteiger charge is -2.46. The number of likely N-dealkylation sites (tertiary alicyclic amines) is 2. The van der Waals surface area contributed by atoms with Gasteiger partial charge in [0.05, 0.1) is 0 Å². The Hall–Kier alpha value is -0.870. The second kappa shape index (κ2) is 5.25. The molecule has 2 heterocycles. The molecule has 0 spiro atoms. The van der Waals surface area contributed by atoms with Crippen molar-refractivity contribution in [2.24, 2.45) is 5.92 Å². The predicted octanol–water partition coefficient (Wildman–Crippen LogP) is 2.62. The van der Waals surface area contributed by atoms with E-state index < -0.39 is 0 Å². The van der Waals surface area contributed by atoms with Crippen LogP contribution < -0.4 is 0 Å². The summed E-state index contributed by atoms with van der Waals surface area (Å²) in [5.41, 5.74) is 0.797. The fourth-order valence-corrected chi connectivity index (χ4v) is 3.48. The van der Waals surface area contributed by atoms with Crippen LogP contribution >= 0.6 is 15.9 Å². The molecular formula is C15H19BrN2O. The number of nitrogens with zero attached hydrogens (tertiary/aromatic N) is 2. The van der Waals surface area contributed by atoms with E-state index >= 15 is 0 Å². The number of piperidine rings is 2. The largest absolute Gasteiger partial charge is 0.337 e. The average molecular weight is 323 g/mol. The Balaban J connectivity index is 1.75. The first kappa shape index (κ1) is 13.1. The molecule has 0 aliphatic carbocycles. The summed E-state index contributed by atoms with van der Waals surface area (Å²) >= 11 is 3.41. The number of carbonyl (C=O) groups excluding carboxylic acids is 1. The summed E-state index contributed by atoms with van der Waals surface area (Å²) in [4.78, 5) is 17.0. The van der Waals surface area contributed by atoms with Crippen LogP contribution in [0, 0.1) is 5.92 Å². The minimum absolute atomic E-state index is 0.178. The molecule has 19 heavy (non-hydrogen) atoms. The van der Waals surface area contributed by atoms with Gasteiger partial charge in [-0.25, -0.2) is 0 Å². The predicted molar refractivity (Wildman–Crippen MR) is 79.2 cm³/mol. The van der Waals surface area contributed by atoms with Crippen LogP contribution in [0.25, 0.3) is 0 Å². The van der Waals surface area contributed by atoms with Crippen molar-refractivity contribution in [3.8, 4) is 0 Å². The van der Waals surface area contributed by atoms with Crippen LogP contribution in [0.15, 0.2) is 28.7 Å². The molecule has 1 aromatic carbocycles. The molecule has 0 saturated carbocycles. The molecule has 1 amide bonds. The van der Waals surface area contributed by atoms with Crippen molar-refractivity contribution in [1.29, 1.82) is 0 Å². The van der Waals surface area contributed by atoms with Gasteiger partial charge in [0.1, 0.15) is 0 Å². The van der Waals surface area contributed by atoms with Gasteiger partial charge in [0.15, 0.2) is 0 Å². The lowest BCUT2D eigenvalue weighted by atomic mass is 9.86. The van der Waals surface area contributed by atoms with Gasteiger partial charge >= 0.3 is 0 Å². The van der Waals surface area contributed by atoms with Crippen LogP contribution in [0.4, 0.5) is 0 Å². The maximum absolute atomic E-state index is 12.5. The van der Waals surface area contributed by atoms with Crippen molar-refractivity contribution in [1.82, 2.24) is 9.80 Å². The van der Waals surface area contributed by atoms with Gasteiger partial charge < -0.3 is 9.80 Å². The smallest absolute Gasteiger partial charge is 0.253 e. The molecule has 4 heteroatoms. The van der Waals surface area contributed by atoms with Gasteiger partial charge in [-0.3, -0.25) is 4.79 Å². The normalized spacial score (nSPS) is 27.4. The Bertz CT molecular complexity index is 474. The fourth-order valence-electron chi connectivity index (χ4n) is 3.21. The molecule has 1 aromatic rings. The molecular weight excluding hydrogens is 304 g/mol. The molecule has 3 nitrogen and oxygen atoms in total. The summed E-state index contributed by atoms with van der Waals surface area (Å²) < 4.78 is 1.01. The number of benzene rings is 1. The molecule has 0 radical (unpaired) electrons. The third-order valence-electron chi connectivity index (χ3n) is 4.41. The highest BCUT2D eigenvalue weighted by molar-refractivity contribution is 9.10. The van der Waals surface area contributed by atoms with Crippen LogP contribution in [0.3, 0.4) is 0 Å². The van der Waals surface area contributed by atoms with E-state index in [1.165, 1.54) is 19.4 Å². The lowest BCUT2D eigenvalue weighted by molar-refractivity contribution is 0.0292. The van der Waals surface area contributed by atoms with E-state index in [0.29, 0.717) is 12.0 Å². The zero-order valence-electron chi connectivity index (χ0n) is 11.2. The topological polar surface area (TPSA) is 23.6 Å². The zero-order valence-corrected chi connectivity index (χ0v) is 12.8. The molecule has 0 unspecified atom stereocenters.